The molecule has 292 valence electrons. The minimum atomic E-state index is -1.32. The van der Waals surface area contributed by atoms with Gasteiger partial charge in [0.25, 0.3) is 5.91 Å². The van der Waals surface area contributed by atoms with Crippen LogP contribution >= 0.6 is 15.9 Å². The van der Waals surface area contributed by atoms with E-state index in [0.717, 1.165) is 10.8 Å². The zero-order chi connectivity index (χ0) is 39.1. The van der Waals surface area contributed by atoms with Gasteiger partial charge in [0.2, 0.25) is 11.8 Å². The number of carbonyl (C=O) groups is 4. The topological polar surface area (TPSA) is 135 Å². The number of nitrogens with zero attached hydrogens (tertiary/aromatic N) is 2. The van der Waals surface area contributed by atoms with Crippen molar-refractivity contribution < 1.29 is 38.5 Å². The van der Waals surface area contributed by atoms with Gasteiger partial charge in [-0.25, -0.2) is 0 Å². The molecule has 1 spiro atoms. The van der Waals surface area contributed by atoms with E-state index >= 15 is 4.79 Å². The molecule has 0 saturated carbocycles. The highest BCUT2D eigenvalue weighted by Gasteiger charge is 2.77. The number of hydrogen-bond acceptors (Lipinski definition) is 8. The Labute approximate surface area is 330 Å². The number of amides is 3. The minimum absolute atomic E-state index is 0.0171. The summed E-state index contributed by atoms with van der Waals surface area (Å²) in [5.41, 5.74) is -0.0280. The number of methoxy groups -OCH3 is 1. The number of benzene rings is 3. The number of halogens is 1. The van der Waals surface area contributed by atoms with Crippen molar-refractivity contribution in [1.82, 2.24) is 10.2 Å². The monoisotopic (exact) mass is 815 g/mol. The van der Waals surface area contributed by atoms with Crippen LogP contribution in [0.2, 0.25) is 0 Å². The van der Waals surface area contributed by atoms with Gasteiger partial charge in [0.1, 0.15) is 17.7 Å². The molecule has 3 aliphatic rings. The molecule has 3 fully saturated rings. The summed E-state index contributed by atoms with van der Waals surface area (Å²) in [5.74, 6) is -3.61. The molecule has 3 amide bonds. The number of fused-ring (bicyclic) bond motifs is 2. The largest absolute Gasteiger partial charge is 0.455 e. The number of aliphatic hydroxyl groups is 1. The average Bonchev–Trinajstić information content (AvgIpc) is 3.79. The summed E-state index contributed by atoms with van der Waals surface area (Å²) < 4.78 is 18.7. The van der Waals surface area contributed by atoms with Gasteiger partial charge in [-0.2, -0.15) is 0 Å². The number of allylic oxidation sites excluding steroid dienone is 1. The van der Waals surface area contributed by atoms with E-state index < -0.39 is 47.7 Å². The van der Waals surface area contributed by atoms with Gasteiger partial charge < -0.3 is 34.4 Å². The lowest BCUT2D eigenvalue weighted by Crippen LogP contribution is -2.57. The zero-order valence-corrected chi connectivity index (χ0v) is 32.8. The van der Waals surface area contributed by atoms with Gasteiger partial charge >= 0.3 is 5.97 Å². The fraction of sp³-hybridized carbons (Fsp3) is 0.442. The fourth-order valence-electron chi connectivity index (χ4n) is 8.56. The summed E-state index contributed by atoms with van der Waals surface area (Å²) in [6.45, 7) is 8.14. The molecule has 3 aromatic carbocycles. The first-order valence-corrected chi connectivity index (χ1v) is 19.9. The van der Waals surface area contributed by atoms with E-state index in [1.807, 2.05) is 72.8 Å². The highest BCUT2D eigenvalue weighted by molar-refractivity contribution is 9.09. The third-order valence-corrected chi connectivity index (χ3v) is 11.8. The molecule has 2 bridgehead atoms. The van der Waals surface area contributed by atoms with Crippen LogP contribution in [-0.2, 0) is 33.4 Å². The van der Waals surface area contributed by atoms with E-state index in [1.165, 1.54) is 7.11 Å². The van der Waals surface area contributed by atoms with Crippen molar-refractivity contribution in [2.75, 3.05) is 38.3 Å². The van der Waals surface area contributed by atoms with Crippen molar-refractivity contribution in [2.24, 2.45) is 11.8 Å². The second kappa shape index (κ2) is 18.1. The Hall–Kier alpha value is -4.36. The lowest BCUT2D eigenvalue weighted by atomic mass is 9.70. The third kappa shape index (κ3) is 8.14. The molecule has 11 nitrogen and oxygen atoms in total. The van der Waals surface area contributed by atoms with Gasteiger partial charge in [0.15, 0.2) is 0 Å². The summed E-state index contributed by atoms with van der Waals surface area (Å²) in [5, 5.41) is 14.4. The molecule has 3 saturated heterocycles. The van der Waals surface area contributed by atoms with E-state index in [2.05, 4.69) is 34.4 Å². The molecule has 0 aromatic heterocycles. The number of aliphatic hydroxyl groups excluding tert-OH is 1. The Morgan fingerprint density at radius 2 is 1.80 bits per heavy atom. The average molecular weight is 817 g/mol. The summed E-state index contributed by atoms with van der Waals surface area (Å²) in [7, 11) is 1.51. The highest BCUT2D eigenvalue weighted by Crippen LogP contribution is 2.60. The van der Waals surface area contributed by atoms with Crippen LogP contribution < -0.4 is 10.2 Å². The molecule has 12 heteroatoms. The van der Waals surface area contributed by atoms with Gasteiger partial charge in [-0.15, -0.1) is 13.2 Å². The van der Waals surface area contributed by atoms with Crippen molar-refractivity contribution in [2.45, 2.75) is 73.2 Å². The molecule has 3 aromatic rings. The Morgan fingerprint density at radius 1 is 1.05 bits per heavy atom. The molecule has 0 aliphatic carbocycles. The summed E-state index contributed by atoms with van der Waals surface area (Å²) in [6.07, 6.45) is 4.37. The Morgan fingerprint density at radius 3 is 2.51 bits per heavy atom. The Bertz CT molecular complexity index is 1870. The van der Waals surface area contributed by atoms with E-state index in [4.69, 9.17) is 14.2 Å². The number of nitrogens with one attached hydrogen (secondary N) is 1. The first-order chi connectivity index (χ1) is 26.7. The first kappa shape index (κ1) is 40.3. The third-order valence-electron chi connectivity index (χ3n) is 11.0. The number of likely N-dealkylation sites (tertiary alicyclic amines) is 1. The molecule has 55 heavy (non-hydrogen) atoms. The van der Waals surface area contributed by atoms with Crippen LogP contribution in [0.15, 0.2) is 98.1 Å². The van der Waals surface area contributed by atoms with Crippen molar-refractivity contribution in [3.63, 3.8) is 0 Å². The van der Waals surface area contributed by atoms with Crippen LogP contribution in [0.4, 0.5) is 5.69 Å². The standard InChI is InChI=1S/C43H50BrN3O8/c1-4-6-19-34(49)45-33(27-53-3)37(29-16-9-7-10-17-29)54-42(52)35-36-40(50)47(23-13-8-14-24-48)39(43(36)26-32(44)38(35)55-43)41(51)46(22-5-2)31-21-20-28-15-11-12-18-30(28)25-31/h4-5,7,9-12,15-18,20-21,25,32-33,35-39,48H,1-2,6,8,13-14,19,22-24,26-27H2,3H3,(H,45,49)/t32?,33-,35-,36+,37-,38-,39-,43+/m0/s1. The number of hydrogen-bond donors (Lipinski definition) is 2. The molecule has 3 heterocycles. The van der Waals surface area contributed by atoms with Crippen LogP contribution in [0.1, 0.15) is 50.2 Å². The maximum Gasteiger partial charge on any atom is 0.313 e. The lowest BCUT2D eigenvalue weighted by molar-refractivity contribution is -0.163. The zero-order valence-electron chi connectivity index (χ0n) is 31.2. The van der Waals surface area contributed by atoms with Crippen molar-refractivity contribution in [3.05, 3.63) is 104 Å². The molecule has 0 radical (unpaired) electrons. The van der Waals surface area contributed by atoms with Gasteiger partial charge in [0, 0.05) is 43.7 Å². The molecule has 8 atom stereocenters. The van der Waals surface area contributed by atoms with Crippen LogP contribution in [-0.4, -0.2) is 95.7 Å². The molecular weight excluding hydrogens is 766 g/mol. The summed E-state index contributed by atoms with van der Waals surface area (Å²) in [6, 6.07) is 21.0. The molecule has 3 aliphatic heterocycles. The molecule has 1 unspecified atom stereocenters. The van der Waals surface area contributed by atoms with Crippen LogP contribution in [0.3, 0.4) is 0 Å². The van der Waals surface area contributed by atoms with E-state index in [-0.39, 0.29) is 55.3 Å². The second-order valence-electron chi connectivity index (χ2n) is 14.5. The minimum Gasteiger partial charge on any atom is -0.455 e. The lowest BCUT2D eigenvalue weighted by Gasteiger charge is -2.37. The van der Waals surface area contributed by atoms with Crippen LogP contribution in [0.25, 0.3) is 10.8 Å². The van der Waals surface area contributed by atoms with Gasteiger partial charge in [-0.05, 0) is 60.6 Å². The van der Waals surface area contributed by atoms with Crippen LogP contribution in [0, 0.1) is 11.8 Å². The molecular formula is C43H50BrN3O8. The smallest absolute Gasteiger partial charge is 0.313 e. The quantitative estimate of drug-likeness (QED) is 0.0687. The maximum atomic E-state index is 15.1. The maximum absolute atomic E-state index is 15.1. The number of alkyl halides is 1. The van der Waals surface area contributed by atoms with Gasteiger partial charge in [-0.1, -0.05) is 88.7 Å². The predicted molar refractivity (Wildman–Crippen MR) is 213 cm³/mol. The van der Waals surface area contributed by atoms with Gasteiger partial charge in [0.05, 0.1) is 30.6 Å². The van der Waals surface area contributed by atoms with E-state index in [9.17, 15) is 19.5 Å². The number of esters is 1. The van der Waals surface area contributed by atoms with Gasteiger partial charge in [-0.3, -0.25) is 19.2 Å². The van der Waals surface area contributed by atoms with E-state index in [1.54, 1.807) is 22.0 Å². The SMILES string of the molecule is C=CCCC(=O)N[C@@H](COC)[C@@H](OC(=O)[C@@H]1[C@H]2O[C@@]3(CC2Br)[C@H](C(=O)N(CC=C)c2ccc4ccccc4c2)N(CCCCCO)C(=O)[C@@H]13)c1ccccc1. The molecule has 6 rings (SSSR count). The highest BCUT2D eigenvalue weighted by atomic mass is 79.9. The number of rotatable bonds is 19. The first-order valence-electron chi connectivity index (χ1n) is 19.0. The second-order valence-corrected chi connectivity index (χ2v) is 15.6. The number of carbonyl (C=O) groups excluding carboxylic acids is 4. The number of unbranched alkanes of at least 4 members (excludes halogenated alkanes) is 2. The predicted octanol–water partition coefficient (Wildman–Crippen LogP) is 5.65. The van der Waals surface area contributed by atoms with E-state index in [0.29, 0.717) is 43.4 Å². The van der Waals surface area contributed by atoms with Crippen LogP contribution in [0.5, 0.6) is 0 Å². The van der Waals surface area contributed by atoms with Crippen molar-refractivity contribution in [3.8, 4) is 0 Å². The summed E-state index contributed by atoms with van der Waals surface area (Å²) in [4.78, 5) is 60.4. The normalized spacial score (nSPS) is 25.0. The van der Waals surface area contributed by atoms with Crippen molar-refractivity contribution in [1.29, 1.82) is 0 Å². The Balaban J connectivity index is 1.36. The number of anilines is 1. The molecule has 2 N–H and O–H groups in total. The van der Waals surface area contributed by atoms with Crippen molar-refractivity contribution >= 4 is 56.1 Å². The Kier molecular flexibility index (Phi) is 13.2. The number of ether oxygens (including phenoxy) is 3. The fourth-order valence-corrected chi connectivity index (χ4v) is 9.50. The summed E-state index contributed by atoms with van der Waals surface area (Å²) >= 11 is 3.77.